The van der Waals surface area contributed by atoms with Crippen molar-refractivity contribution in [2.45, 2.75) is 52.1 Å². The molecule has 0 radical (unpaired) electrons. The zero-order valence-electron chi connectivity index (χ0n) is 10.9. The third kappa shape index (κ3) is 5.48. The summed E-state index contributed by atoms with van der Waals surface area (Å²) in [4.78, 5) is 4.76. The Balaban J connectivity index is 2.37. The van der Waals surface area contributed by atoms with Gasteiger partial charge in [0.1, 0.15) is 0 Å². The number of thioether (sulfide) groups is 2. The van der Waals surface area contributed by atoms with Crippen LogP contribution in [0.4, 0.5) is 0 Å². The molecule has 1 N–H and O–H groups in total. The Morgan fingerprint density at radius 3 is 2.94 bits per heavy atom. The van der Waals surface area contributed by atoms with E-state index in [1.807, 2.05) is 23.5 Å². The fourth-order valence-corrected chi connectivity index (χ4v) is 3.73. The monoisotopic (exact) mass is 260 g/mol. The quantitative estimate of drug-likeness (QED) is 0.767. The normalized spacial score (nSPS) is 24.1. The highest BCUT2D eigenvalue weighted by Gasteiger charge is 2.24. The van der Waals surface area contributed by atoms with E-state index < -0.39 is 0 Å². The number of amidine groups is 1. The number of rotatable bonds is 5. The maximum absolute atomic E-state index is 4.76. The van der Waals surface area contributed by atoms with Gasteiger partial charge in [-0.15, -0.1) is 0 Å². The van der Waals surface area contributed by atoms with Gasteiger partial charge in [0.25, 0.3) is 0 Å². The van der Waals surface area contributed by atoms with Crippen LogP contribution in [0, 0.1) is 0 Å². The molecule has 1 unspecified atom stereocenters. The topological polar surface area (TPSA) is 24.4 Å². The van der Waals surface area contributed by atoms with Crippen LogP contribution in [-0.4, -0.2) is 34.0 Å². The van der Waals surface area contributed by atoms with E-state index in [0.29, 0.717) is 6.04 Å². The molecule has 0 aromatic rings. The lowest BCUT2D eigenvalue weighted by Gasteiger charge is -2.32. The first kappa shape index (κ1) is 14.2. The fourth-order valence-electron chi connectivity index (χ4n) is 1.52. The van der Waals surface area contributed by atoms with Crippen molar-refractivity contribution < 1.29 is 0 Å². The number of hydrogen-bond donors (Lipinski definition) is 1. The molecule has 1 aliphatic rings. The van der Waals surface area contributed by atoms with Crippen LogP contribution < -0.4 is 5.32 Å². The number of hydrogen-bond acceptors (Lipinski definition) is 3. The highest BCUT2D eigenvalue weighted by Crippen LogP contribution is 2.22. The highest BCUT2D eigenvalue weighted by atomic mass is 32.2. The molecule has 0 bridgehead atoms. The van der Waals surface area contributed by atoms with Gasteiger partial charge in [-0.1, -0.05) is 18.7 Å². The average Bonchev–Trinajstić information content (AvgIpc) is 2.16. The van der Waals surface area contributed by atoms with Gasteiger partial charge in [0.15, 0.2) is 5.17 Å². The van der Waals surface area contributed by atoms with Crippen LogP contribution in [0.15, 0.2) is 4.99 Å². The molecule has 1 rings (SSSR count). The summed E-state index contributed by atoms with van der Waals surface area (Å²) in [5.74, 6) is 3.63. The smallest absolute Gasteiger partial charge is 0.157 e. The Morgan fingerprint density at radius 2 is 2.31 bits per heavy atom. The molecule has 1 heterocycles. The zero-order chi connectivity index (χ0) is 12.0. The lowest BCUT2D eigenvalue weighted by atomic mass is 10.0. The van der Waals surface area contributed by atoms with Crippen molar-refractivity contribution in [1.82, 2.24) is 5.32 Å². The van der Waals surface area contributed by atoms with Crippen LogP contribution in [-0.2, 0) is 0 Å². The number of nitrogens with one attached hydrogen (secondary N) is 1. The number of nitrogens with zero attached hydrogens (tertiary/aromatic N) is 1. The molecule has 0 aromatic heterocycles. The molecule has 94 valence electrons. The minimum absolute atomic E-state index is 0.224. The predicted molar refractivity (Wildman–Crippen MR) is 78.8 cm³/mol. The molecule has 0 saturated carbocycles. The van der Waals surface area contributed by atoms with Crippen molar-refractivity contribution >= 4 is 28.7 Å². The second kappa shape index (κ2) is 6.80. The van der Waals surface area contributed by atoms with E-state index in [0.717, 1.165) is 5.17 Å². The minimum Gasteiger partial charge on any atom is -0.360 e. The maximum atomic E-state index is 4.76. The van der Waals surface area contributed by atoms with E-state index in [9.17, 15) is 0 Å². The summed E-state index contributed by atoms with van der Waals surface area (Å²) >= 11 is 3.87. The molecule has 4 heteroatoms. The molecular weight excluding hydrogens is 236 g/mol. The van der Waals surface area contributed by atoms with Crippen molar-refractivity contribution in [2.75, 3.05) is 17.3 Å². The first-order valence-electron chi connectivity index (χ1n) is 6.10. The second-order valence-electron chi connectivity index (χ2n) is 4.88. The summed E-state index contributed by atoms with van der Waals surface area (Å²) in [6.45, 7) is 8.93. The highest BCUT2D eigenvalue weighted by molar-refractivity contribution is 8.13. The van der Waals surface area contributed by atoms with Crippen LogP contribution in [0.2, 0.25) is 0 Å². The summed E-state index contributed by atoms with van der Waals surface area (Å²) in [6, 6.07) is 0.447. The van der Waals surface area contributed by atoms with Crippen molar-refractivity contribution in [3.8, 4) is 0 Å². The van der Waals surface area contributed by atoms with E-state index in [2.05, 4.69) is 33.0 Å². The predicted octanol–water partition coefficient (Wildman–Crippen LogP) is 3.38. The molecule has 1 atom stereocenters. The molecule has 0 spiro atoms. The van der Waals surface area contributed by atoms with Crippen LogP contribution in [0.1, 0.15) is 40.5 Å². The Morgan fingerprint density at radius 1 is 1.56 bits per heavy atom. The third-order valence-corrected chi connectivity index (χ3v) is 4.45. The maximum Gasteiger partial charge on any atom is 0.157 e. The second-order valence-corrected chi connectivity index (χ2v) is 7.35. The summed E-state index contributed by atoms with van der Waals surface area (Å²) in [5.41, 5.74) is 0.224. The van der Waals surface area contributed by atoms with E-state index in [1.54, 1.807) is 0 Å². The van der Waals surface area contributed by atoms with Crippen LogP contribution in [0.25, 0.3) is 0 Å². The first-order valence-corrected chi connectivity index (χ1v) is 8.24. The first-order chi connectivity index (χ1) is 7.53. The molecular formula is C12H24N2S2. The molecule has 1 fully saturated rings. The summed E-state index contributed by atoms with van der Waals surface area (Å²) in [6.07, 6.45) is 2.40. The van der Waals surface area contributed by atoms with Crippen molar-refractivity contribution in [2.24, 2.45) is 4.99 Å². The zero-order valence-corrected chi connectivity index (χ0v) is 12.5. The molecule has 0 aliphatic carbocycles. The molecule has 0 amide bonds. The molecule has 2 nitrogen and oxygen atoms in total. The van der Waals surface area contributed by atoms with E-state index in [4.69, 9.17) is 4.99 Å². The SMILES string of the molecule is CCSCCC(C)N=C1NC(C)(C)CCS1. The Bertz CT molecular complexity index is 239. The Hall–Kier alpha value is 0.170. The third-order valence-electron chi connectivity index (χ3n) is 2.63. The van der Waals surface area contributed by atoms with Crippen LogP contribution >= 0.6 is 23.5 Å². The van der Waals surface area contributed by atoms with Crippen LogP contribution in [0.3, 0.4) is 0 Å². The van der Waals surface area contributed by atoms with Gasteiger partial charge >= 0.3 is 0 Å². The standard InChI is InChI=1S/C12H24N2S2/c1-5-15-8-6-10(2)13-11-14-12(3,4)7-9-16-11/h10H,5-9H2,1-4H3,(H,13,14). The Labute approximate surface area is 108 Å². The lowest BCUT2D eigenvalue weighted by molar-refractivity contribution is 0.445. The van der Waals surface area contributed by atoms with Gasteiger partial charge in [-0.05, 0) is 45.1 Å². The molecule has 1 aliphatic heterocycles. The van der Waals surface area contributed by atoms with Crippen molar-refractivity contribution in [3.05, 3.63) is 0 Å². The fraction of sp³-hybridized carbons (Fsp3) is 0.917. The molecule has 1 saturated heterocycles. The van der Waals surface area contributed by atoms with Crippen molar-refractivity contribution in [1.29, 1.82) is 0 Å². The van der Waals surface area contributed by atoms with Gasteiger partial charge in [0.2, 0.25) is 0 Å². The number of aliphatic imine (C=N–C) groups is 1. The summed E-state index contributed by atoms with van der Waals surface area (Å²) in [7, 11) is 0. The Kier molecular flexibility index (Phi) is 6.05. The largest absolute Gasteiger partial charge is 0.360 e. The van der Waals surface area contributed by atoms with Gasteiger partial charge < -0.3 is 5.32 Å². The molecule has 0 aromatic carbocycles. The van der Waals surface area contributed by atoms with E-state index in [-0.39, 0.29) is 5.54 Å². The van der Waals surface area contributed by atoms with Crippen molar-refractivity contribution in [3.63, 3.8) is 0 Å². The minimum atomic E-state index is 0.224. The van der Waals surface area contributed by atoms with Gasteiger partial charge in [-0.2, -0.15) is 11.8 Å². The lowest BCUT2D eigenvalue weighted by Crippen LogP contribution is -2.46. The van der Waals surface area contributed by atoms with Gasteiger partial charge in [0, 0.05) is 11.3 Å². The van der Waals surface area contributed by atoms with Gasteiger partial charge in [-0.3, -0.25) is 4.99 Å². The van der Waals surface area contributed by atoms with Crippen LogP contribution in [0.5, 0.6) is 0 Å². The van der Waals surface area contributed by atoms with Gasteiger partial charge in [0.05, 0.1) is 6.04 Å². The molecule has 16 heavy (non-hydrogen) atoms. The summed E-state index contributed by atoms with van der Waals surface area (Å²) in [5, 5.41) is 4.66. The summed E-state index contributed by atoms with van der Waals surface area (Å²) < 4.78 is 0. The van der Waals surface area contributed by atoms with E-state index >= 15 is 0 Å². The van der Waals surface area contributed by atoms with E-state index in [1.165, 1.54) is 30.1 Å². The van der Waals surface area contributed by atoms with Gasteiger partial charge in [-0.25, -0.2) is 0 Å². The average molecular weight is 260 g/mol.